The Balaban J connectivity index is 1.25. The minimum atomic E-state index is -0.333. The Morgan fingerprint density at radius 1 is 0.894 bits per heavy atom. The Hall–Kier alpha value is -4.37. The number of amides is 1. The second-order valence-electron chi connectivity index (χ2n) is 13.1. The first-order valence-corrected chi connectivity index (χ1v) is 17.2. The standard InChI is InChI=1S/C38H45N5O3S/c1-7-37(3,4)26-20-21-31(38(5,6)8-2)32(24-26)46-23-15-14-22-39-35(45)30-25-33(28-18-12-13-19-29(28)34(30)44)47-36-40-41-42-43(36)27-16-10-9-11-17-27/h9-13,16-21,24-25,44H,7-8,14-15,22-23H2,1-6H3,(H,39,45). The predicted octanol–water partition coefficient (Wildman–Crippen LogP) is 8.64. The number of carbonyl (C=O) groups excluding carboxylic acids is 1. The Labute approximate surface area is 281 Å². The fraction of sp³-hybridized carbons (Fsp3) is 0.368. The molecule has 0 spiro atoms. The molecule has 8 nitrogen and oxygen atoms in total. The van der Waals surface area contributed by atoms with Crippen LogP contribution in [-0.2, 0) is 10.8 Å². The van der Waals surface area contributed by atoms with E-state index in [1.165, 1.54) is 22.9 Å². The largest absolute Gasteiger partial charge is 0.506 e. The highest BCUT2D eigenvalue weighted by atomic mass is 32.2. The number of unbranched alkanes of at least 4 members (excludes halogenated alkanes) is 1. The summed E-state index contributed by atoms with van der Waals surface area (Å²) in [7, 11) is 0. The van der Waals surface area contributed by atoms with Crippen LogP contribution in [0.25, 0.3) is 16.5 Å². The number of benzene rings is 4. The van der Waals surface area contributed by atoms with E-state index in [2.05, 4.69) is 80.6 Å². The zero-order chi connectivity index (χ0) is 33.6. The van der Waals surface area contributed by atoms with Crippen molar-refractivity contribution in [3.05, 3.63) is 95.6 Å². The number of phenolic OH excluding ortho intramolecular Hbond substituents is 1. The number of para-hydroxylation sites is 1. The van der Waals surface area contributed by atoms with Crippen LogP contribution in [0.1, 0.15) is 88.7 Å². The number of nitrogens with zero attached hydrogens (tertiary/aromatic N) is 4. The fourth-order valence-corrected chi connectivity index (χ4v) is 6.35. The summed E-state index contributed by atoms with van der Waals surface area (Å²) in [4.78, 5) is 14.2. The smallest absolute Gasteiger partial charge is 0.255 e. The average Bonchev–Trinajstić information content (AvgIpc) is 3.55. The minimum absolute atomic E-state index is 0.00489. The number of rotatable bonds is 14. The van der Waals surface area contributed by atoms with E-state index in [9.17, 15) is 9.90 Å². The molecule has 0 atom stereocenters. The third-order valence-corrected chi connectivity index (χ3v) is 10.2. The third-order valence-electron chi connectivity index (χ3n) is 9.24. The SMILES string of the molecule is CCC(C)(C)c1ccc(C(C)(C)CC)c(OCCCCNC(=O)c2cc(Sc3nnnn3-c3ccccc3)c3ccccc3c2O)c1. The molecule has 0 bridgehead atoms. The van der Waals surface area contributed by atoms with E-state index in [0.717, 1.165) is 47.4 Å². The zero-order valence-corrected chi connectivity index (χ0v) is 29.0. The maximum Gasteiger partial charge on any atom is 0.255 e. The van der Waals surface area contributed by atoms with Crippen molar-refractivity contribution >= 4 is 28.4 Å². The lowest BCUT2D eigenvalue weighted by Crippen LogP contribution is -2.25. The molecule has 2 N–H and O–H groups in total. The summed E-state index contributed by atoms with van der Waals surface area (Å²) >= 11 is 1.35. The maximum absolute atomic E-state index is 13.4. The zero-order valence-electron chi connectivity index (χ0n) is 28.2. The average molecular weight is 652 g/mol. The van der Waals surface area contributed by atoms with Gasteiger partial charge >= 0.3 is 0 Å². The molecular weight excluding hydrogens is 607 g/mol. The van der Waals surface area contributed by atoms with Crippen LogP contribution < -0.4 is 10.1 Å². The molecule has 1 amide bonds. The van der Waals surface area contributed by atoms with Crippen molar-refractivity contribution in [2.45, 2.75) is 88.1 Å². The van der Waals surface area contributed by atoms with Gasteiger partial charge in [0, 0.05) is 16.8 Å². The summed E-state index contributed by atoms with van der Waals surface area (Å²) in [6, 6.07) is 25.5. The summed E-state index contributed by atoms with van der Waals surface area (Å²) < 4.78 is 8.05. The molecule has 246 valence electrons. The lowest BCUT2D eigenvalue weighted by Gasteiger charge is -2.29. The van der Waals surface area contributed by atoms with Crippen LogP contribution in [0.5, 0.6) is 11.5 Å². The Bertz CT molecular complexity index is 1830. The van der Waals surface area contributed by atoms with Gasteiger partial charge in [-0.05, 0) is 99.5 Å². The highest BCUT2D eigenvalue weighted by molar-refractivity contribution is 7.99. The molecule has 5 rings (SSSR count). The minimum Gasteiger partial charge on any atom is -0.506 e. The lowest BCUT2D eigenvalue weighted by molar-refractivity contribution is 0.0949. The fourth-order valence-electron chi connectivity index (χ4n) is 5.38. The van der Waals surface area contributed by atoms with E-state index in [1.54, 1.807) is 10.7 Å². The number of hydrogen-bond acceptors (Lipinski definition) is 7. The number of tetrazole rings is 1. The van der Waals surface area contributed by atoms with Gasteiger partial charge in [0.15, 0.2) is 0 Å². The van der Waals surface area contributed by atoms with Crippen molar-refractivity contribution in [2.24, 2.45) is 0 Å². The Morgan fingerprint density at radius 3 is 2.32 bits per heavy atom. The van der Waals surface area contributed by atoms with Crippen molar-refractivity contribution in [1.82, 2.24) is 25.5 Å². The van der Waals surface area contributed by atoms with E-state index in [0.29, 0.717) is 23.7 Å². The summed E-state index contributed by atoms with van der Waals surface area (Å²) in [6.45, 7) is 14.5. The van der Waals surface area contributed by atoms with Crippen LogP contribution in [0, 0.1) is 0 Å². The highest BCUT2D eigenvalue weighted by Gasteiger charge is 2.26. The van der Waals surface area contributed by atoms with Crippen molar-refractivity contribution in [3.8, 4) is 17.2 Å². The monoisotopic (exact) mass is 651 g/mol. The molecule has 5 aromatic rings. The van der Waals surface area contributed by atoms with Crippen LogP contribution in [0.15, 0.2) is 88.9 Å². The predicted molar refractivity (Wildman–Crippen MR) is 189 cm³/mol. The van der Waals surface area contributed by atoms with Gasteiger partial charge in [-0.1, -0.05) is 96.1 Å². The summed E-state index contributed by atoms with van der Waals surface area (Å²) in [5, 5.41) is 28.4. The van der Waals surface area contributed by atoms with E-state index in [-0.39, 0.29) is 28.1 Å². The molecule has 47 heavy (non-hydrogen) atoms. The highest BCUT2D eigenvalue weighted by Crippen LogP contribution is 2.40. The lowest BCUT2D eigenvalue weighted by atomic mass is 9.77. The maximum atomic E-state index is 13.4. The normalized spacial score (nSPS) is 12.0. The van der Waals surface area contributed by atoms with Crippen LogP contribution >= 0.6 is 11.8 Å². The number of phenols is 1. The molecule has 0 aliphatic rings. The Morgan fingerprint density at radius 2 is 1.60 bits per heavy atom. The van der Waals surface area contributed by atoms with Gasteiger partial charge in [0.2, 0.25) is 5.16 Å². The van der Waals surface area contributed by atoms with Gasteiger partial charge in [-0.25, -0.2) is 0 Å². The number of aromatic nitrogens is 4. The molecular formula is C38H45N5O3S. The van der Waals surface area contributed by atoms with Gasteiger partial charge in [-0.15, -0.1) is 5.10 Å². The molecule has 9 heteroatoms. The van der Waals surface area contributed by atoms with Gasteiger partial charge in [0.25, 0.3) is 5.91 Å². The molecule has 0 aliphatic carbocycles. The van der Waals surface area contributed by atoms with Gasteiger partial charge in [-0.2, -0.15) is 4.68 Å². The van der Waals surface area contributed by atoms with Gasteiger partial charge in [0.05, 0.1) is 17.9 Å². The van der Waals surface area contributed by atoms with Crippen LogP contribution in [0.2, 0.25) is 0 Å². The molecule has 0 unspecified atom stereocenters. The van der Waals surface area contributed by atoms with E-state index in [4.69, 9.17) is 4.74 Å². The van der Waals surface area contributed by atoms with Crippen LogP contribution in [0.3, 0.4) is 0 Å². The summed E-state index contributed by atoms with van der Waals surface area (Å²) in [6.07, 6.45) is 3.57. The van der Waals surface area contributed by atoms with Gasteiger partial charge in [0.1, 0.15) is 11.5 Å². The van der Waals surface area contributed by atoms with E-state index in [1.807, 2.05) is 54.6 Å². The topological polar surface area (TPSA) is 102 Å². The number of ether oxygens (including phenoxy) is 1. The third kappa shape index (κ3) is 7.62. The first kappa shape index (κ1) is 34.0. The van der Waals surface area contributed by atoms with Crippen molar-refractivity contribution in [1.29, 1.82) is 0 Å². The number of aromatic hydroxyl groups is 1. The molecule has 0 aliphatic heterocycles. The Kier molecular flexibility index (Phi) is 10.5. The molecule has 4 aromatic carbocycles. The molecule has 0 saturated carbocycles. The number of fused-ring (bicyclic) bond motifs is 1. The van der Waals surface area contributed by atoms with Crippen LogP contribution in [-0.4, -0.2) is 44.4 Å². The van der Waals surface area contributed by atoms with Crippen LogP contribution in [0.4, 0.5) is 0 Å². The quantitative estimate of drug-likeness (QED) is 0.116. The molecule has 0 saturated heterocycles. The number of nitrogens with one attached hydrogen (secondary N) is 1. The molecule has 1 heterocycles. The second-order valence-corrected chi connectivity index (χ2v) is 14.1. The summed E-state index contributed by atoms with van der Waals surface area (Å²) in [5.74, 6) is 0.568. The molecule has 0 radical (unpaired) electrons. The van der Waals surface area contributed by atoms with E-state index < -0.39 is 0 Å². The van der Waals surface area contributed by atoms with E-state index >= 15 is 0 Å². The first-order chi connectivity index (χ1) is 22.6. The number of hydrogen-bond donors (Lipinski definition) is 2. The van der Waals surface area contributed by atoms with Gasteiger partial charge < -0.3 is 15.2 Å². The number of carbonyl (C=O) groups is 1. The first-order valence-electron chi connectivity index (χ1n) is 16.4. The van der Waals surface area contributed by atoms with Crippen molar-refractivity contribution in [3.63, 3.8) is 0 Å². The van der Waals surface area contributed by atoms with Crippen molar-refractivity contribution in [2.75, 3.05) is 13.2 Å². The van der Waals surface area contributed by atoms with Crippen molar-refractivity contribution < 1.29 is 14.6 Å². The van der Waals surface area contributed by atoms with Gasteiger partial charge in [-0.3, -0.25) is 4.79 Å². The second kappa shape index (κ2) is 14.6. The molecule has 0 fully saturated rings. The summed E-state index contributed by atoms with van der Waals surface area (Å²) in [5.41, 5.74) is 3.62. The molecule has 1 aromatic heterocycles.